The largest absolute Gasteiger partial charge is 0.468 e. The van der Waals surface area contributed by atoms with Crippen LogP contribution >= 0.6 is 12.4 Å². The summed E-state index contributed by atoms with van der Waals surface area (Å²) in [6.45, 7) is 0. The Morgan fingerprint density at radius 1 is 1.00 bits per heavy atom. The summed E-state index contributed by atoms with van der Waals surface area (Å²) in [5.74, 6) is 0.983. The Kier molecular flexibility index (Phi) is 6.03. The van der Waals surface area contributed by atoms with Crippen LogP contribution < -0.4 is 10.5 Å². The van der Waals surface area contributed by atoms with E-state index in [1.165, 1.54) is 7.11 Å². The van der Waals surface area contributed by atoms with Gasteiger partial charge in [-0.05, 0) is 29.8 Å². The third-order valence-electron chi connectivity index (χ3n) is 2.67. The van der Waals surface area contributed by atoms with Crippen molar-refractivity contribution in [3.8, 4) is 11.5 Å². The van der Waals surface area contributed by atoms with Gasteiger partial charge in [0.2, 0.25) is 0 Å². The zero-order valence-corrected chi connectivity index (χ0v) is 11.8. The van der Waals surface area contributed by atoms with E-state index in [-0.39, 0.29) is 12.4 Å². The second-order valence-corrected chi connectivity index (χ2v) is 3.98. The van der Waals surface area contributed by atoms with Crippen LogP contribution in [0.4, 0.5) is 0 Å². The number of hydrogen-bond donors (Lipinski definition) is 1. The lowest BCUT2D eigenvalue weighted by atomic mass is 10.1. The van der Waals surface area contributed by atoms with Gasteiger partial charge in [-0.1, -0.05) is 30.3 Å². The summed E-state index contributed by atoms with van der Waals surface area (Å²) in [4.78, 5) is 11.3. The summed E-state index contributed by atoms with van der Waals surface area (Å²) in [5, 5.41) is 0. The van der Waals surface area contributed by atoms with Gasteiger partial charge in [0.15, 0.2) is 0 Å². The van der Waals surface area contributed by atoms with Crippen molar-refractivity contribution in [2.45, 2.75) is 6.04 Å². The van der Waals surface area contributed by atoms with E-state index in [9.17, 15) is 4.79 Å². The number of rotatable bonds is 4. The highest BCUT2D eigenvalue weighted by atomic mass is 35.5. The van der Waals surface area contributed by atoms with Crippen molar-refractivity contribution in [2.75, 3.05) is 7.11 Å². The molecule has 0 saturated heterocycles. The molecule has 2 aromatic rings. The second-order valence-electron chi connectivity index (χ2n) is 3.98. The Bertz CT molecular complexity index is 543. The van der Waals surface area contributed by atoms with E-state index in [2.05, 4.69) is 4.74 Å². The van der Waals surface area contributed by atoms with Crippen molar-refractivity contribution in [3.63, 3.8) is 0 Å². The molecule has 1 atom stereocenters. The molecule has 0 radical (unpaired) electrons. The summed E-state index contributed by atoms with van der Waals surface area (Å²) in [7, 11) is 1.31. The first-order chi connectivity index (χ1) is 9.20. The normalized spacial score (nSPS) is 11.1. The summed E-state index contributed by atoms with van der Waals surface area (Å²) >= 11 is 0. The molecule has 20 heavy (non-hydrogen) atoms. The van der Waals surface area contributed by atoms with Crippen molar-refractivity contribution in [1.29, 1.82) is 0 Å². The number of para-hydroxylation sites is 1. The molecule has 0 aliphatic heterocycles. The predicted molar refractivity (Wildman–Crippen MR) is 79.2 cm³/mol. The molecule has 5 heteroatoms. The molecule has 0 bridgehead atoms. The Morgan fingerprint density at radius 2 is 1.55 bits per heavy atom. The third kappa shape index (κ3) is 3.98. The minimum atomic E-state index is -0.768. The number of ether oxygens (including phenoxy) is 2. The molecule has 0 saturated carbocycles. The van der Waals surface area contributed by atoms with Gasteiger partial charge in [-0.2, -0.15) is 0 Å². The minimum Gasteiger partial charge on any atom is -0.468 e. The van der Waals surface area contributed by atoms with Crippen LogP contribution in [0.25, 0.3) is 0 Å². The van der Waals surface area contributed by atoms with E-state index in [4.69, 9.17) is 10.5 Å². The van der Waals surface area contributed by atoms with Crippen LogP contribution in [0.2, 0.25) is 0 Å². The zero-order valence-electron chi connectivity index (χ0n) is 11.0. The van der Waals surface area contributed by atoms with Gasteiger partial charge in [-0.15, -0.1) is 12.4 Å². The van der Waals surface area contributed by atoms with E-state index in [1.54, 1.807) is 24.3 Å². The third-order valence-corrected chi connectivity index (χ3v) is 2.67. The number of hydrogen-bond acceptors (Lipinski definition) is 4. The molecule has 2 aromatic carbocycles. The first kappa shape index (κ1) is 16.0. The van der Waals surface area contributed by atoms with E-state index < -0.39 is 12.0 Å². The SMILES string of the molecule is COC(=O)[C@H](N)c1ccc(Oc2ccccc2)cc1.Cl. The number of benzene rings is 2. The molecule has 0 fully saturated rings. The fourth-order valence-corrected chi connectivity index (χ4v) is 1.63. The molecule has 2 rings (SSSR count). The fourth-order valence-electron chi connectivity index (χ4n) is 1.63. The van der Waals surface area contributed by atoms with Gasteiger partial charge in [-0.3, -0.25) is 4.79 Å². The number of halogens is 1. The van der Waals surface area contributed by atoms with Crippen LogP contribution in [0, 0.1) is 0 Å². The molecule has 0 aliphatic rings. The van der Waals surface area contributed by atoms with Crippen LogP contribution in [0.5, 0.6) is 11.5 Å². The molecule has 0 aromatic heterocycles. The average molecular weight is 294 g/mol. The van der Waals surface area contributed by atoms with Gasteiger partial charge in [0.05, 0.1) is 7.11 Å². The summed E-state index contributed by atoms with van der Waals surface area (Å²) < 4.78 is 10.2. The standard InChI is InChI=1S/C15H15NO3.ClH/c1-18-15(17)14(16)11-7-9-13(10-8-11)19-12-5-3-2-4-6-12;/h2-10,14H,16H2,1H3;1H/t14-;/m1./s1. The first-order valence-electron chi connectivity index (χ1n) is 5.87. The van der Waals surface area contributed by atoms with Crippen LogP contribution in [-0.4, -0.2) is 13.1 Å². The van der Waals surface area contributed by atoms with Gasteiger partial charge in [0.1, 0.15) is 17.5 Å². The van der Waals surface area contributed by atoms with Gasteiger partial charge >= 0.3 is 5.97 Å². The first-order valence-corrected chi connectivity index (χ1v) is 5.87. The lowest BCUT2D eigenvalue weighted by Crippen LogP contribution is -2.22. The molecule has 2 N–H and O–H groups in total. The smallest absolute Gasteiger partial charge is 0.327 e. The molecule has 106 valence electrons. The Morgan fingerprint density at radius 3 is 2.10 bits per heavy atom. The minimum absolute atomic E-state index is 0. The van der Waals surface area contributed by atoms with Crippen molar-refractivity contribution in [3.05, 3.63) is 60.2 Å². The molecular formula is C15H16ClNO3. The number of carbonyl (C=O) groups is 1. The highest BCUT2D eigenvalue weighted by molar-refractivity contribution is 5.85. The summed E-state index contributed by atoms with van der Waals surface area (Å²) in [5.41, 5.74) is 6.42. The number of methoxy groups -OCH3 is 1. The maximum absolute atomic E-state index is 11.3. The van der Waals surface area contributed by atoms with Crippen molar-refractivity contribution < 1.29 is 14.3 Å². The Hall–Kier alpha value is -2.04. The van der Waals surface area contributed by atoms with Gasteiger partial charge < -0.3 is 15.2 Å². The Balaban J connectivity index is 0.00000200. The predicted octanol–water partition coefficient (Wildman–Crippen LogP) is 3.07. The summed E-state index contributed by atoms with van der Waals surface area (Å²) in [6.07, 6.45) is 0. The van der Waals surface area contributed by atoms with Crippen LogP contribution in [0.1, 0.15) is 11.6 Å². The fraction of sp³-hybridized carbons (Fsp3) is 0.133. The van der Waals surface area contributed by atoms with Gasteiger partial charge in [0, 0.05) is 0 Å². The lowest BCUT2D eigenvalue weighted by molar-refractivity contribution is -0.142. The lowest BCUT2D eigenvalue weighted by Gasteiger charge is -2.10. The van der Waals surface area contributed by atoms with E-state index in [1.807, 2.05) is 30.3 Å². The van der Waals surface area contributed by atoms with Gasteiger partial charge in [-0.25, -0.2) is 0 Å². The maximum Gasteiger partial charge on any atom is 0.327 e. The number of carbonyl (C=O) groups excluding carboxylic acids is 1. The van der Waals surface area contributed by atoms with Crippen molar-refractivity contribution >= 4 is 18.4 Å². The molecule has 4 nitrogen and oxygen atoms in total. The highest BCUT2D eigenvalue weighted by Crippen LogP contribution is 2.22. The maximum atomic E-state index is 11.3. The highest BCUT2D eigenvalue weighted by Gasteiger charge is 2.15. The monoisotopic (exact) mass is 293 g/mol. The van der Waals surface area contributed by atoms with Crippen LogP contribution in [-0.2, 0) is 9.53 Å². The van der Waals surface area contributed by atoms with E-state index >= 15 is 0 Å². The molecule has 0 spiro atoms. The second kappa shape index (κ2) is 7.53. The van der Waals surface area contributed by atoms with Crippen LogP contribution in [0.15, 0.2) is 54.6 Å². The molecule has 0 unspecified atom stereocenters. The molecule has 0 heterocycles. The molecule has 0 amide bonds. The topological polar surface area (TPSA) is 61.5 Å². The number of esters is 1. The quantitative estimate of drug-likeness (QED) is 0.880. The molecule has 0 aliphatic carbocycles. The van der Waals surface area contributed by atoms with E-state index in [0.717, 1.165) is 5.75 Å². The zero-order chi connectivity index (χ0) is 13.7. The summed E-state index contributed by atoms with van der Waals surface area (Å²) in [6, 6.07) is 15.7. The van der Waals surface area contributed by atoms with Crippen molar-refractivity contribution in [1.82, 2.24) is 0 Å². The van der Waals surface area contributed by atoms with Gasteiger partial charge in [0.25, 0.3) is 0 Å². The van der Waals surface area contributed by atoms with Crippen LogP contribution in [0.3, 0.4) is 0 Å². The molecular weight excluding hydrogens is 278 g/mol. The van der Waals surface area contributed by atoms with Crippen molar-refractivity contribution in [2.24, 2.45) is 5.73 Å². The Labute approximate surface area is 123 Å². The number of nitrogens with two attached hydrogens (primary N) is 1. The average Bonchev–Trinajstić information content (AvgIpc) is 2.47. The van der Waals surface area contributed by atoms with E-state index in [0.29, 0.717) is 11.3 Å².